The van der Waals surface area contributed by atoms with Gasteiger partial charge in [0.1, 0.15) is 0 Å². The van der Waals surface area contributed by atoms with Crippen LogP contribution in [0.3, 0.4) is 0 Å². The van der Waals surface area contributed by atoms with Crippen molar-refractivity contribution in [3.8, 4) is 0 Å². The van der Waals surface area contributed by atoms with Gasteiger partial charge in [0.25, 0.3) is 0 Å². The van der Waals surface area contributed by atoms with Crippen molar-refractivity contribution in [2.24, 2.45) is 11.8 Å². The van der Waals surface area contributed by atoms with Gasteiger partial charge in [-0.3, -0.25) is 0 Å². The number of piperidine rings is 1. The van der Waals surface area contributed by atoms with E-state index in [1.165, 1.54) is 44.5 Å². The highest BCUT2D eigenvalue weighted by molar-refractivity contribution is 5.19. The molecule has 21 heavy (non-hydrogen) atoms. The third-order valence-electron chi connectivity index (χ3n) is 4.88. The lowest BCUT2D eigenvalue weighted by Crippen LogP contribution is -2.41. The summed E-state index contributed by atoms with van der Waals surface area (Å²) in [5.74, 6) is 1.56. The van der Waals surface area contributed by atoms with Crippen LogP contribution in [-0.4, -0.2) is 31.1 Å². The molecule has 1 fully saturated rings. The molecule has 2 heteroatoms. The monoisotopic (exact) mass is 288 g/mol. The Bertz CT molecular complexity index is 390. The first-order valence-corrected chi connectivity index (χ1v) is 8.75. The number of hydrogen-bond acceptors (Lipinski definition) is 2. The predicted octanol–water partition coefficient (Wildman–Crippen LogP) is 4.10. The molecule has 0 saturated carbocycles. The molecule has 2 nitrogen and oxygen atoms in total. The van der Waals surface area contributed by atoms with Gasteiger partial charge in [0, 0.05) is 19.1 Å². The van der Waals surface area contributed by atoms with E-state index in [0.717, 1.165) is 12.5 Å². The van der Waals surface area contributed by atoms with E-state index in [2.05, 4.69) is 61.3 Å². The Morgan fingerprint density at radius 3 is 2.67 bits per heavy atom. The third-order valence-corrected chi connectivity index (χ3v) is 4.88. The van der Waals surface area contributed by atoms with Gasteiger partial charge in [-0.15, -0.1) is 0 Å². The van der Waals surface area contributed by atoms with E-state index < -0.39 is 0 Å². The molecule has 0 radical (unpaired) electrons. The normalized spacial score (nSPS) is 22.9. The summed E-state index contributed by atoms with van der Waals surface area (Å²) in [6, 6.07) is 11.4. The summed E-state index contributed by atoms with van der Waals surface area (Å²) in [7, 11) is 0. The van der Waals surface area contributed by atoms with Crippen LogP contribution in [0.5, 0.6) is 0 Å². The van der Waals surface area contributed by atoms with Crippen LogP contribution in [0.15, 0.2) is 30.3 Å². The first-order chi connectivity index (χ1) is 10.2. The van der Waals surface area contributed by atoms with Crippen LogP contribution >= 0.6 is 0 Å². The van der Waals surface area contributed by atoms with Gasteiger partial charge in [-0.2, -0.15) is 0 Å². The standard InChI is InChI=1S/C19H32N2/c1-4-17-10-9-13-21(15-17)14-16(3)19(20-5-2)18-11-7-6-8-12-18/h6-8,11-12,16-17,19-20H,4-5,9-10,13-15H2,1-3H3. The minimum atomic E-state index is 0.471. The molecule has 1 heterocycles. The molecule has 118 valence electrons. The van der Waals surface area contributed by atoms with E-state index in [1.54, 1.807) is 0 Å². The number of rotatable bonds is 7. The molecule has 3 unspecified atom stereocenters. The zero-order valence-corrected chi connectivity index (χ0v) is 14.0. The lowest BCUT2D eigenvalue weighted by molar-refractivity contribution is 0.141. The van der Waals surface area contributed by atoms with Crippen LogP contribution in [0.2, 0.25) is 0 Å². The number of hydrogen-bond donors (Lipinski definition) is 1. The zero-order valence-electron chi connectivity index (χ0n) is 14.0. The first-order valence-electron chi connectivity index (χ1n) is 8.75. The molecule has 0 amide bonds. The van der Waals surface area contributed by atoms with Crippen LogP contribution in [0.25, 0.3) is 0 Å². The predicted molar refractivity (Wildman–Crippen MR) is 91.5 cm³/mol. The fourth-order valence-electron chi connectivity index (χ4n) is 3.69. The van der Waals surface area contributed by atoms with E-state index >= 15 is 0 Å². The molecule has 1 N–H and O–H groups in total. The molecule has 0 spiro atoms. The average Bonchev–Trinajstić information content (AvgIpc) is 2.53. The topological polar surface area (TPSA) is 15.3 Å². The van der Waals surface area contributed by atoms with Crippen LogP contribution in [0.4, 0.5) is 0 Å². The average molecular weight is 288 g/mol. The van der Waals surface area contributed by atoms with E-state index in [4.69, 9.17) is 0 Å². The van der Waals surface area contributed by atoms with Gasteiger partial charge in [-0.1, -0.05) is 57.5 Å². The SMILES string of the molecule is CCNC(c1ccccc1)C(C)CN1CCCC(CC)C1. The molecule has 3 atom stereocenters. The van der Waals surface area contributed by atoms with Crippen LogP contribution in [0, 0.1) is 11.8 Å². The van der Waals surface area contributed by atoms with Crippen LogP contribution < -0.4 is 5.32 Å². The second-order valence-electron chi connectivity index (χ2n) is 6.60. The molecule has 1 aliphatic heterocycles. The van der Waals surface area contributed by atoms with Crippen molar-refractivity contribution in [1.82, 2.24) is 10.2 Å². The summed E-state index contributed by atoms with van der Waals surface area (Å²) >= 11 is 0. The van der Waals surface area contributed by atoms with Crippen LogP contribution in [-0.2, 0) is 0 Å². The second-order valence-corrected chi connectivity index (χ2v) is 6.60. The molecule has 1 aromatic rings. The van der Waals surface area contributed by atoms with Gasteiger partial charge in [0.05, 0.1) is 0 Å². The maximum Gasteiger partial charge on any atom is 0.0358 e. The van der Waals surface area contributed by atoms with Crippen molar-refractivity contribution < 1.29 is 0 Å². The number of nitrogens with one attached hydrogen (secondary N) is 1. The van der Waals surface area contributed by atoms with Crippen molar-refractivity contribution >= 4 is 0 Å². The molecular weight excluding hydrogens is 256 g/mol. The zero-order chi connectivity index (χ0) is 15.1. The maximum atomic E-state index is 3.69. The highest BCUT2D eigenvalue weighted by Crippen LogP contribution is 2.25. The summed E-state index contributed by atoms with van der Waals surface area (Å²) in [4.78, 5) is 2.69. The summed E-state index contributed by atoms with van der Waals surface area (Å²) in [5.41, 5.74) is 1.43. The van der Waals surface area contributed by atoms with Gasteiger partial charge < -0.3 is 10.2 Å². The summed E-state index contributed by atoms with van der Waals surface area (Å²) in [6.07, 6.45) is 4.14. The summed E-state index contributed by atoms with van der Waals surface area (Å²) < 4.78 is 0. The Kier molecular flexibility index (Phi) is 6.72. The fourth-order valence-corrected chi connectivity index (χ4v) is 3.69. The molecule has 1 aliphatic rings. The number of benzene rings is 1. The molecule has 0 aliphatic carbocycles. The molecule has 0 aromatic heterocycles. The van der Waals surface area contributed by atoms with Crippen molar-refractivity contribution in [1.29, 1.82) is 0 Å². The van der Waals surface area contributed by atoms with E-state index in [0.29, 0.717) is 12.0 Å². The first kappa shape index (κ1) is 16.5. The largest absolute Gasteiger partial charge is 0.310 e. The van der Waals surface area contributed by atoms with Gasteiger partial charge in [0.2, 0.25) is 0 Å². The van der Waals surface area contributed by atoms with Gasteiger partial charge in [-0.25, -0.2) is 0 Å². The summed E-state index contributed by atoms with van der Waals surface area (Å²) in [5, 5.41) is 3.69. The molecule has 0 bridgehead atoms. The highest BCUT2D eigenvalue weighted by Gasteiger charge is 2.24. The van der Waals surface area contributed by atoms with Crippen LogP contribution in [0.1, 0.15) is 51.6 Å². The fraction of sp³-hybridized carbons (Fsp3) is 0.684. The van der Waals surface area contributed by atoms with Gasteiger partial charge in [-0.05, 0) is 43.3 Å². The Balaban J connectivity index is 1.97. The lowest BCUT2D eigenvalue weighted by Gasteiger charge is -2.36. The summed E-state index contributed by atoms with van der Waals surface area (Å²) in [6.45, 7) is 11.8. The Morgan fingerprint density at radius 1 is 1.24 bits per heavy atom. The quantitative estimate of drug-likeness (QED) is 0.813. The maximum absolute atomic E-state index is 3.69. The Hall–Kier alpha value is -0.860. The van der Waals surface area contributed by atoms with Crippen molar-refractivity contribution in [3.63, 3.8) is 0 Å². The lowest BCUT2D eigenvalue weighted by atomic mass is 9.91. The molecular formula is C19H32N2. The molecule has 1 saturated heterocycles. The Labute approximate surface area is 130 Å². The van der Waals surface area contributed by atoms with Gasteiger partial charge >= 0.3 is 0 Å². The Morgan fingerprint density at radius 2 is 2.00 bits per heavy atom. The minimum absolute atomic E-state index is 0.471. The highest BCUT2D eigenvalue weighted by atomic mass is 15.1. The number of likely N-dealkylation sites (tertiary alicyclic amines) is 1. The molecule has 2 rings (SSSR count). The number of nitrogens with zero attached hydrogens (tertiary/aromatic N) is 1. The van der Waals surface area contributed by atoms with E-state index in [9.17, 15) is 0 Å². The van der Waals surface area contributed by atoms with E-state index in [1.807, 2.05) is 0 Å². The smallest absolute Gasteiger partial charge is 0.0358 e. The second kappa shape index (κ2) is 8.55. The van der Waals surface area contributed by atoms with E-state index in [-0.39, 0.29) is 0 Å². The van der Waals surface area contributed by atoms with Crippen molar-refractivity contribution in [3.05, 3.63) is 35.9 Å². The van der Waals surface area contributed by atoms with Gasteiger partial charge in [0.15, 0.2) is 0 Å². The van der Waals surface area contributed by atoms with Crippen molar-refractivity contribution in [2.75, 3.05) is 26.2 Å². The van der Waals surface area contributed by atoms with Crippen molar-refractivity contribution in [2.45, 2.75) is 46.1 Å². The molecule has 1 aromatic carbocycles. The third kappa shape index (κ3) is 4.82. The minimum Gasteiger partial charge on any atom is -0.310 e.